The first kappa shape index (κ1) is 14.4. The van der Waals surface area contributed by atoms with Gasteiger partial charge in [-0.25, -0.2) is 0 Å². The van der Waals surface area contributed by atoms with Crippen LogP contribution in [0.4, 0.5) is 0 Å². The molecule has 0 fully saturated rings. The van der Waals surface area contributed by atoms with Gasteiger partial charge in [0.1, 0.15) is 5.60 Å². The van der Waals surface area contributed by atoms with Gasteiger partial charge >= 0.3 is 0 Å². The van der Waals surface area contributed by atoms with E-state index >= 15 is 0 Å². The van der Waals surface area contributed by atoms with Crippen molar-refractivity contribution in [2.45, 2.75) is 57.7 Å². The van der Waals surface area contributed by atoms with Gasteiger partial charge in [0.05, 0.1) is 6.10 Å². The van der Waals surface area contributed by atoms with Crippen molar-refractivity contribution in [3.8, 4) is 0 Å². The lowest BCUT2D eigenvalue weighted by Crippen LogP contribution is -2.36. The summed E-state index contributed by atoms with van der Waals surface area (Å²) in [6.07, 6.45) is 6.19. The SMILES string of the molecule is CCCCCCC(O)C(C)(O)/C=C/I. The van der Waals surface area contributed by atoms with E-state index in [2.05, 4.69) is 6.92 Å². The van der Waals surface area contributed by atoms with Gasteiger partial charge in [-0.3, -0.25) is 0 Å². The molecule has 0 spiro atoms. The van der Waals surface area contributed by atoms with Crippen molar-refractivity contribution in [1.29, 1.82) is 0 Å². The van der Waals surface area contributed by atoms with Crippen LogP contribution in [-0.2, 0) is 0 Å². The van der Waals surface area contributed by atoms with Crippen molar-refractivity contribution in [3.05, 3.63) is 10.2 Å². The smallest absolute Gasteiger partial charge is 0.106 e. The largest absolute Gasteiger partial charge is 0.390 e. The van der Waals surface area contributed by atoms with Crippen molar-refractivity contribution in [2.24, 2.45) is 0 Å². The van der Waals surface area contributed by atoms with Gasteiger partial charge in [0.2, 0.25) is 0 Å². The summed E-state index contributed by atoms with van der Waals surface area (Å²) in [6.45, 7) is 3.80. The van der Waals surface area contributed by atoms with Crippen LogP contribution in [0.3, 0.4) is 0 Å². The Labute approximate surface area is 101 Å². The molecule has 0 aromatic rings. The van der Waals surface area contributed by atoms with Crippen LogP contribution in [0.1, 0.15) is 46.0 Å². The van der Waals surface area contributed by atoms with Gasteiger partial charge < -0.3 is 10.2 Å². The van der Waals surface area contributed by atoms with Crippen molar-refractivity contribution >= 4 is 22.6 Å². The van der Waals surface area contributed by atoms with Crippen molar-refractivity contribution in [3.63, 3.8) is 0 Å². The second-order valence-corrected chi connectivity index (χ2v) is 4.60. The summed E-state index contributed by atoms with van der Waals surface area (Å²) in [4.78, 5) is 0. The molecular formula is C11H21IO2. The third-order valence-corrected chi connectivity index (χ3v) is 2.77. The molecule has 0 amide bonds. The zero-order valence-electron chi connectivity index (χ0n) is 9.04. The average molecular weight is 312 g/mol. The molecule has 0 saturated carbocycles. The van der Waals surface area contributed by atoms with E-state index in [0.29, 0.717) is 6.42 Å². The number of aliphatic hydroxyl groups excluding tert-OH is 1. The summed E-state index contributed by atoms with van der Waals surface area (Å²) in [5.74, 6) is 0. The molecule has 2 unspecified atom stereocenters. The van der Waals surface area contributed by atoms with E-state index in [0.717, 1.165) is 12.8 Å². The molecule has 0 aliphatic rings. The van der Waals surface area contributed by atoms with Gasteiger partial charge in [0.15, 0.2) is 0 Å². The number of unbranched alkanes of at least 4 members (excludes halogenated alkanes) is 3. The zero-order chi connectivity index (χ0) is 11.0. The zero-order valence-corrected chi connectivity index (χ0v) is 11.2. The Morgan fingerprint density at radius 3 is 2.50 bits per heavy atom. The molecule has 0 saturated heterocycles. The monoisotopic (exact) mass is 312 g/mol. The number of rotatable bonds is 7. The molecule has 14 heavy (non-hydrogen) atoms. The standard InChI is InChI=1S/C11H21IO2/c1-3-4-5-6-7-10(13)11(2,14)8-9-12/h8-10,13-14H,3-7H2,1-2H3/b9-8+. The van der Waals surface area contributed by atoms with Crippen molar-refractivity contribution in [2.75, 3.05) is 0 Å². The normalized spacial score (nSPS) is 18.4. The fraction of sp³-hybridized carbons (Fsp3) is 0.818. The highest BCUT2D eigenvalue weighted by molar-refractivity contribution is 14.1. The van der Waals surface area contributed by atoms with E-state index in [4.69, 9.17) is 0 Å². The Hall–Kier alpha value is 0.390. The molecular weight excluding hydrogens is 291 g/mol. The minimum absolute atomic E-state index is 0.648. The lowest BCUT2D eigenvalue weighted by Gasteiger charge is -2.25. The van der Waals surface area contributed by atoms with Crippen LogP contribution in [0.25, 0.3) is 0 Å². The highest BCUT2D eigenvalue weighted by Crippen LogP contribution is 2.18. The molecule has 84 valence electrons. The molecule has 0 aliphatic carbocycles. The molecule has 0 aromatic heterocycles. The minimum Gasteiger partial charge on any atom is -0.390 e. The van der Waals surface area contributed by atoms with E-state index in [-0.39, 0.29) is 0 Å². The molecule has 0 radical (unpaired) electrons. The molecule has 0 aliphatic heterocycles. The highest BCUT2D eigenvalue weighted by atomic mass is 127. The summed E-state index contributed by atoms with van der Waals surface area (Å²) < 4.78 is 1.74. The molecule has 2 N–H and O–H groups in total. The first-order valence-electron chi connectivity index (χ1n) is 5.23. The van der Waals surface area contributed by atoms with E-state index in [9.17, 15) is 10.2 Å². The van der Waals surface area contributed by atoms with E-state index in [1.165, 1.54) is 12.8 Å². The number of hydrogen-bond acceptors (Lipinski definition) is 2. The summed E-state index contributed by atoms with van der Waals surface area (Å²) in [5.41, 5.74) is -1.08. The predicted molar refractivity (Wildman–Crippen MR) is 68.5 cm³/mol. The summed E-state index contributed by atoms with van der Waals surface area (Å²) in [6, 6.07) is 0. The summed E-state index contributed by atoms with van der Waals surface area (Å²) in [7, 11) is 0. The van der Waals surface area contributed by atoms with E-state index in [1.807, 2.05) is 22.6 Å². The Bertz CT molecular complexity index is 167. The lowest BCUT2D eigenvalue weighted by atomic mass is 9.94. The van der Waals surface area contributed by atoms with Gasteiger partial charge in [-0.2, -0.15) is 0 Å². The number of hydrogen-bond donors (Lipinski definition) is 2. The molecule has 2 nitrogen and oxygen atoms in total. The molecule has 2 atom stereocenters. The van der Waals surface area contributed by atoms with Gasteiger partial charge in [-0.05, 0) is 23.5 Å². The summed E-state index contributed by atoms with van der Waals surface area (Å²) >= 11 is 2.05. The first-order chi connectivity index (χ1) is 6.54. The van der Waals surface area contributed by atoms with Crippen LogP contribution in [0.15, 0.2) is 10.2 Å². The van der Waals surface area contributed by atoms with Crippen LogP contribution >= 0.6 is 22.6 Å². The third-order valence-electron chi connectivity index (χ3n) is 2.41. The van der Waals surface area contributed by atoms with Crippen LogP contribution in [0.2, 0.25) is 0 Å². The second-order valence-electron chi connectivity index (χ2n) is 3.88. The topological polar surface area (TPSA) is 40.5 Å². The fourth-order valence-corrected chi connectivity index (χ4v) is 2.02. The molecule has 0 bridgehead atoms. The third kappa shape index (κ3) is 5.98. The molecule has 0 aromatic carbocycles. The Kier molecular flexibility index (Phi) is 7.86. The summed E-state index contributed by atoms with van der Waals surface area (Å²) in [5, 5.41) is 19.5. The van der Waals surface area contributed by atoms with Gasteiger partial charge in [0, 0.05) is 0 Å². The lowest BCUT2D eigenvalue weighted by molar-refractivity contribution is -0.0308. The Balaban J connectivity index is 3.77. The fourth-order valence-electron chi connectivity index (χ4n) is 1.30. The Morgan fingerprint density at radius 2 is 2.00 bits per heavy atom. The van der Waals surface area contributed by atoms with Crippen LogP contribution in [0.5, 0.6) is 0 Å². The van der Waals surface area contributed by atoms with Crippen molar-refractivity contribution in [1.82, 2.24) is 0 Å². The average Bonchev–Trinajstić information content (AvgIpc) is 2.12. The highest BCUT2D eigenvalue weighted by Gasteiger charge is 2.26. The maximum atomic E-state index is 9.80. The second kappa shape index (κ2) is 7.65. The van der Waals surface area contributed by atoms with Gasteiger partial charge in [0.25, 0.3) is 0 Å². The van der Waals surface area contributed by atoms with E-state index < -0.39 is 11.7 Å². The molecule has 0 heterocycles. The quantitative estimate of drug-likeness (QED) is 0.560. The molecule has 0 rings (SSSR count). The first-order valence-corrected chi connectivity index (χ1v) is 6.47. The maximum Gasteiger partial charge on any atom is 0.106 e. The van der Waals surface area contributed by atoms with E-state index in [1.54, 1.807) is 17.1 Å². The van der Waals surface area contributed by atoms with Crippen LogP contribution < -0.4 is 0 Å². The molecule has 3 heteroatoms. The van der Waals surface area contributed by atoms with Crippen LogP contribution in [-0.4, -0.2) is 21.9 Å². The predicted octanol–water partition coefficient (Wildman–Crippen LogP) is 3.02. The number of aliphatic hydroxyl groups is 2. The number of halogens is 1. The maximum absolute atomic E-state index is 9.80. The minimum atomic E-state index is -1.08. The Morgan fingerprint density at radius 1 is 1.36 bits per heavy atom. The van der Waals surface area contributed by atoms with Gasteiger partial charge in [-0.1, -0.05) is 55.2 Å². The van der Waals surface area contributed by atoms with Gasteiger partial charge in [-0.15, -0.1) is 0 Å². The van der Waals surface area contributed by atoms with Crippen LogP contribution in [0, 0.1) is 0 Å². The van der Waals surface area contributed by atoms with Crippen molar-refractivity contribution < 1.29 is 10.2 Å².